The van der Waals surface area contributed by atoms with Gasteiger partial charge in [0, 0.05) is 23.7 Å². The summed E-state index contributed by atoms with van der Waals surface area (Å²) in [6, 6.07) is 8.68. The molecule has 0 atom stereocenters. The lowest BCUT2D eigenvalue weighted by atomic mass is 10.2. The molecule has 0 radical (unpaired) electrons. The number of nitrogens with one attached hydrogen (secondary N) is 2. The monoisotopic (exact) mass is 385 g/mol. The minimum Gasteiger partial charge on any atom is -0.493 e. The molecule has 0 fully saturated rings. The average Bonchev–Trinajstić information content (AvgIpc) is 2.88. The van der Waals surface area contributed by atoms with E-state index in [0.29, 0.717) is 12.2 Å². The maximum atomic E-state index is 12.1. The SMILES string of the molecule is CCCCn1c(O)c(N=NC(=O)Cc2cc(=O)[nH]c(=S)[nH]2)c2ccccc21. The highest BCUT2D eigenvalue weighted by molar-refractivity contribution is 7.71. The molecule has 1 aromatic carbocycles. The standard InChI is InChI=1S/C18H19N5O3S/c1-2-3-8-23-13-7-5-4-6-12(13)16(17(23)26)22-21-15(25)10-11-9-14(24)20-18(27)19-11/h4-7,9,26H,2-3,8,10H2,1H3,(H2,19,20,24,27). The van der Waals surface area contributed by atoms with Crippen LogP contribution in [0.2, 0.25) is 0 Å². The zero-order valence-corrected chi connectivity index (χ0v) is 15.5. The number of hydrogen-bond acceptors (Lipinski definition) is 5. The van der Waals surface area contributed by atoms with Gasteiger partial charge < -0.3 is 14.7 Å². The van der Waals surface area contributed by atoms with E-state index in [2.05, 4.69) is 27.1 Å². The number of aryl methyl sites for hydroxylation is 1. The molecule has 0 aliphatic heterocycles. The zero-order valence-electron chi connectivity index (χ0n) is 14.7. The third-order valence-electron chi connectivity index (χ3n) is 4.07. The number of para-hydroxylation sites is 1. The fraction of sp³-hybridized carbons (Fsp3) is 0.278. The number of aromatic nitrogens is 3. The number of rotatable bonds is 6. The molecule has 9 heteroatoms. The van der Waals surface area contributed by atoms with E-state index in [-0.39, 0.29) is 22.8 Å². The molecule has 3 rings (SSSR count). The van der Waals surface area contributed by atoms with Gasteiger partial charge in [0.1, 0.15) is 0 Å². The van der Waals surface area contributed by atoms with Crippen LogP contribution in [-0.2, 0) is 17.8 Å². The quantitative estimate of drug-likeness (QED) is 0.443. The second-order valence-corrected chi connectivity index (χ2v) is 6.49. The molecule has 0 bridgehead atoms. The highest BCUT2D eigenvalue weighted by Crippen LogP contribution is 2.38. The summed E-state index contributed by atoms with van der Waals surface area (Å²) in [5.74, 6) is -0.576. The van der Waals surface area contributed by atoms with Crippen LogP contribution >= 0.6 is 12.2 Å². The van der Waals surface area contributed by atoms with Gasteiger partial charge in [0.15, 0.2) is 10.5 Å². The molecular formula is C18H19N5O3S. The van der Waals surface area contributed by atoms with Crippen molar-refractivity contribution >= 4 is 34.7 Å². The van der Waals surface area contributed by atoms with Crippen LogP contribution in [0, 0.1) is 4.77 Å². The van der Waals surface area contributed by atoms with Crippen molar-refractivity contribution in [2.75, 3.05) is 0 Å². The second-order valence-electron chi connectivity index (χ2n) is 6.08. The van der Waals surface area contributed by atoms with Crippen LogP contribution in [-0.4, -0.2) is 25.5 Å². The molecule has 2 heterocycles. The van der Waals surface area contributed by atoms with Gasteiger partial charge in [0.05, 0.1) is 11.9 Å². The van der Waals surface area contributed by atoms with Crippen molar-refractivity contribution in [3.05, 3.63) is 51.2 Å². The Kier molecular flexibility index (Phi) is 5.60. The normalized spacial score (nSPS) is 11.4. The summed E-state index contributed by atoms with van der Waals surface area (Å²) in [6.07, 6.45) is 1.74. The van der Waals surface area contributed by atoms with Gasteiger partial charge in [-0.1, -0.05) is 31.5 Å². The van der Waals surface area contributed by atoms with E-state index in [1.165, 1.54) is 6.07 Å². The van der Waals surface area contributed by atoms with E-state index in [1.54, 1.807) is 4.57 Å². The van der Waals surface area contributed by atoms with Crippen LogP contribution < -0.4 is 5.56 Å². The summed E-state index contributed by atoms with van der Waals surface area (Å²) in [4.78, 5) is 28.6. The van der Waals surface area contributed by atoms with Crippen molar-refractivity contribution in [3.63, 3.8) is 0 Å². The number of amides is 1. The van der Waals surface area contributed by atoms with Crippen LogP contribution in [0.5, 0.6) is 5.88 Å². The molecule has 0 unspecified atom stereocenters. The van der Waals surface area contributed by atoms with Crippen LogP contribution in [0.15, 0.2) is 45.4 Å². The average molecular weight is 385 g/mol. The first-order chi connectivity index (χ1) is 13.0. The summed E-state index contributed by atoms with van der Waals surface area (Å²) >= 11 is 4.88. The predicted octanol–water partition coefficient (Wildman–Crippen LogP) is 3.75. The molecular weight excluding hydrogens is 366 g/mol. The second kappa shape index (κ2) is 8.09. The number of aromatic hydroxyl groups is 1. The minimum absolute atomic E-state index is 0.0169. The van der Waals surface area contributed by atoms with Gasteiger partial charge in [0.2, 0.25) is 5.88 Å². The molecule has 3 N–H and O–H groups in total. The van der Waals surface area contributed by atoms with E-state index in [0.717, 1.165) is 23.7 Å². The lowest BCUT2D eigenvalue weighted by Crippen LogP contribution is -2.10. The van der Waals surface area contributed by atoms with Crippen molar-refractivity contribution in [3.8, 4) is 5.88 Å². The Hall–Kier alpha value is -3.07. The number of fused-ring (bicyclic) bond motifs is 1. The molecule has 27 heavy (non-hydrogen) atoms. The molecule has 0 aliphatic carbocycles. The van der Waals surface area contributed by atoms with E-state index in [9.17, 15) is 14.7 Å². The molecule has 8 nitrogen and oxygen atoms in total. The minimum atomic E-state index is -0.559. The van der Waals surface area contributed by atoms with E-state index < -0.39 is 11.5 Å². The number of unbranched alkanes of at least 4 members (excludes halogenated alkanes) is 1. The van der Waals surface area contributed by atoms with Crippen molar-refractivity contribution in [1.29, 1.82) is 0 Å². The van der Waals surface area contributed by atoms with Crippen molar-refractivity contribution < 1.29 is 9.90 Å². The zero-order chi connectivity index (χ0) is 19.4. The molecule has 0 saturated heterocycles. The number of benzene rings is 1. The predicted molar refractivity (Wildman–Crippen MR) is 104 cm³/mol. The van der Waals surface area contributed by atoms with E-state index >= 15 is 0 Å². The third kappa shape index (κ3) is 4.20. The molecule has 1 amide bonds. The van der Waals surface area contributed by atoms with Gasteiger partial charge >= 0.3 is 0 Å². The molecule has 0 spiro atoms. The summed E-state index contributed by atoms with van der Waals surface area (Å²) < 4.78 is 1.91. The van der Waals surface area contributed by atoms with Crippen molar-refractivity contribution in [2.24, 2.45) is 10.2 Å². The first-order valence-corrected chi connectivity index (χ1v) is 8.97. The van der Waals surface area contributed by atoms with Crippen LogP contribution in [0.4, 0.5) is 5.69 Å². The molecule has 0 aliphatic rings. The van der Waals surface area contributed by atoms with Gasteiger partial charge in [-0.05, 0) is 24.7 Å². The van der Waals surface area contributed by atoms with Gasteiger partial charge in [0.25, 0.3) is 11.5 Å². The largest absolute Gasteiger partial charge is 0.493 e. The van der Waals surface area contributed by atoms with Crippen molar-refractivity contribution in [2.45, 2.75) is 32.7 Å². The Morgan fingerprint density at radius 1 is 1.30 bits per heavy atom. The fourth-order valence-electron chi connectivity index (χ4n) is 2.83. The summed E-state index contributed by atoms with van der Waals surface area (Å²) in [6.45, 7) is 2.72. The molecule has 140 valence electrons. The van der Waals surface area contributed by atoms with Crippen LogP contribution in [0.1, 0.15) is 25.5 Å². The Bertz CT molecular complexity index is 1100. The lowest BCUT2D eigenvalue weighted by Gasteiger charge is -2.05. The Morgan fingerprint density at radius 3 is 2.81 bits per heavy atom. The maximum absolute atomic E-state index is 12.1. The first kappa shape index (κ1) is 18.7. The number of carbonyl (C=O) groups is 1. The van der Waals surface area contributed by atoms with Gasteiger partial charge in [-0.3, -0.25) is 14.6 Å². The van der Waals surface area contributed by atoms with Crippen molar-refractivity contribution in [1.82, 2.24) is 14.5 Å². The lowest BCUT2D eigenvalue weighted by molar-refractivity contribution is -0.117. The highest BCUT2D eigenvalue weighted by Gasteiger charge is 2.16. The topological polar surface area (TPSA) is 116 Å². The summed E-state index contributed by atoms with van der Waals surface area (Å²) in [7, 11) is 0. The number of carbonyl (C=O) groups excluding carboxylic acids is 1. The van der Waals surface area contributed by atoms with Gasteiger partial charge in [-0.15, -0.1) is 10.2 Å². The molecule has 2 aromatic heterocycles. The van der Waals surface area contributed by atoms with Crippen LogP contribution in [0.25, 0.3) is 10.9 Å². The first-order valence-electron chi connectivity index (χ1n) is 8.57. The Labute approximate surface area is 159 Å². The van der Waals surface area contributed by atoms with Gasteiger partial charge in [-0.25, -0.2) is 0 Å². The fourth-order valence-corrected chi connectivity index (χ4v) is 3.06. The summed E-state index contributed by atoms with van der Waals surface area (Å²) in [5, 5.41) is 19.0. The Morgan fingerprint density at radius 2 is 2.07 bits per heavy atom. The summed E-state index contributed by atoms with van der Waals surface area (Å²) in [5.41, 5.74) is 1.05. The smallest absolute Gasteiger partial charge is 0.270 e. The number of H-pyrrole nitrogens is 2. The Balaban J connectivity index is 1.89. The van der Waals surface area contributed by atoms with Gasteiger partial charge in [-0.2, -0.15) is 0 Å². The third-order valence-corrected chi connectivity index (χ3v) is 4.28. The maximum Gasteiger partial charge on any atom is 0.270 e. The number of azo groups is 1. The number of nitrogens with zero attached hydrogens (tertiary/aromatic N) is 3. The van der Waals surface area contributed by atoms with E-state index in [4.69, 9.17) is 12.2 Å². The molecule has 3 aromatic rings. The highest BCUT2D eigenvalue weighted by atomic mass is 32.1. The number of hydrogen-bond donors (Lipinski definition) is 3. The van der Waals surface area contributed by atoms with Crippen LogP contribution in [0.3, 0.4) is 0 Å². The molecule has 0 saturated carbocycles. The number of aromatic amines is 2. The van der Waals surface area contributed by atoms with E-state index in [1.807, 2.05) is 24.3 Å².